The van der Waals surface area contributed by atoms with Crippen molar-refractivity contribution in [2.24, 2.45) is 5.73 Å². The average molecular weight is 387 g/mol. The van der Waals surface area contributed by atoms with E-state index in [4.69, 9.17) is 5.73 Å². The van der Waals surface area contributed by atoms with Crippen molar-refractivity contribution in [3.63, 3.8) is 0 Å². The predicted octanol–water partition coefficient (Wildman–Crippen LogP) is 1.25. The molecule has 1 aliphatic rings. The van der Waals surface area contributed by atoms with Gasteiger partial charge in [-0.2, -0.15) is 0 Å². The van der Waals surface area contributed by atoms with E-state index in [-0.39, 0.29) is 23.9 Å². The van der Waals surface area contributed by atoms with Crippen molar-refractivity contribution in [3.05, 3.63) is 35.6 Å². The van der Waals surface area contributed by atoms with Crippen LogP contribution in [0.5, 0.6) is 0 Å². The third-order valence-corrected chi connectivity index (χ3v) is 4.43. The second-order valence-electron chi connectivity index (χ2n) is 6.30. The molecule has 26 heavy (non-hydrogen) atoms. The molecule has 0 saturated carbocycles. The van der Waals surface area contributed by atoms with E-state index >= 15 is 0 Å². The summed E-state index contributed by atoms with van der Waals surface area (Å²) in [5.41, 5.74) is 5.95. The van der Waals surface area contributed by atoms with Crippen LogP contribution in [-0.4, -0.2) is 66.9 Å². The van der Waals surface area contributed by atoms with Gasteiger partial charge in [0.05, 0.1) is 11.6 Å². The minimum Gasteiger partial charge on any atom is -0.351 e. The molecule has 1 saturated heterocycles. The van der Waals surface area contributed by atoms with Gasteiger partial charge in [0, 0.05) is 39.3 Å². The Kier molecular flexibility index (Phi) is 9.54. The second-order valence-corrected chi connectivity index (χ2v) is 6.30. The van der Waals surface area contributed by atoms with Gasteiger partial charge in [0.1, 0.15) is 5.82 Å². The number of nitrogens with one attached hydrogen (secondary N) is 1. The summed E-state index contributed by atoms with van der Waals surface area (Å²) in [5.74, 6) is -0.901. The van der Waals surface area contributed by atoms with Crippen LogP contribution in [0.4, 0.5) is 4.39 Å². The van der Waals surface area contributed by atoms with Crippen LogP contribution in [-0.2, 0) is 4.79 Å². The maximum absolute atomic E-state index is 13.5. The van der Waals surface area contributed by atoms with Gasteiger partial charge in [0.15, 0.2) is 0 Å². The predicted molar refractivity (Wildman–Crippen MR) is 102 cm³/mol. The maximum atomic E-state index is 13.5. The molecule has 3 N–H and O–H groups in total. The van der Waals surface area contributed by atoms with Crippen molar-refractivity contribution >= 4 is 24.2 Å². The highest BCUT2D eigenvalue weighted by Crippen LogP contribution is 2.07. The van der Waals surface area contributed by atoms with Gasteiger partial charge in [-0.1, -0.05) is 25.5 Å². The van der Waals surface area contributed by atoms with Crippen LogP contribution >= 0.6 is 12.4 Å². The summed E-state index contributed by atoms with van der Waals surface area (Å²) in [6.07, 6.45) is 1.61. The molecule has 1 atom stereocenters. The van der Waals surface area contributed by atoms with Gasteiger partial charge in [-0.3, -0.25) is 14.5 Å². The summed E-state index contributed by atoms with van der Waals surface area (Å²) in [6, 6.07) is 5.52. The molecular formula is C18H28ClFN4O2. The van der Waals surface area contributed by atoms with Gasteiger partial charge in [0.2, 0.25) is 5.91 Å². The van der Waals surface area contributed by atoms with E-state index in [0.29, 0.717) is 32.6 Å². The number of halogens is 2. The number of nitrogens with zero attached hydrogens (tertiary/aromatic N) is 2. The van der Waals surface area contributed by atoms with Gasteiger partial charge in [-0.15, -0.1) is 12.4 Å². The normalized spacial score (nSPS) is 15.9. The molecule has 2 rings (SSSR count). The molecule has 1 fully saturated rings. The second kappa shape index (κ2) is 11.1. The summed E-state index contributed by atoms with van der Waals surface area (Å²) in [4.78, 5) is 28.1. The topological polar surface area (TPSA) is 78.7 Å². The first-order valence-electron chi connectivity index (χ1n) is 8.82. The molecule has 0 bridgehead atoms. The zero-order chi connectivity index (χ0) is 18.2. The zero-order valence-corrected chi connectivity index (χ0v) is 15.9. The zero-order valence-electron chi connectivity index (χ0n) is 15.1. The Morgan fingerprint density at radius 3 is 2.50 bits per heavy atom. The molecule has 8 heteroatoms. The van der Waals surface area contributed by atoms with Crippen molar-refractivity contribution in [2.45, 2.75) is 25.8 Å². The molecule has 1 heterocycles. The van der Waals surface area contributed by atoms with Crippen molar-refractivity contribution in [3.8, 4) is 0 Å². The van der Waals surface area contributed by atoms with Crippen molar-refractivity contribution in [1.82, 2.24) is 15.1 Å². The Morgan fingerprint density at radius 1 is 1.23 bits per heavy atom. The Morgan fingerprint density at radius 2 is 1.88 bits per heavy atom. The molecule has 6 nitrogen and oxygen atoms in total. The monoisotopic (exact) mass is 386 g/mol. The highest BCUT2D eigenvalue weighted by molar-refractivity contribution is 5.94. The van der Waals surface area contributed by atoms with E-state index in [1.165, 1.54) is 12.1 Å². The summed E-state index contributed by atoms with van der Waals surface area (Å²) in [7, 11) is 0. The molecule has 0 aliphatic carbocycles. The van der Waals surface area contributed by atoms with Gasteiger partial charge >= 0.3 is 0 Å². The lowest BCUT2D eigenvalue weighted by Crippen LogP contribution is -2.54. The maximum Gasteiger partial charge on any atom is 0.254 e. The Balaban J connectivity index is 0.00000338. The lowest BCUT2D eigenvalue weighted by molar-refractivity contribution is -0.134. The average Bonchev–Trinajstić information content (AvgIpc) is 2.62. The lowest BCUT2D eigenvalue weighted by Gasteiger charge is -2.35. The van der Waals surface area contributed by atoms with E-state index in [9.17, 15) is 14.0 Å². The van der Waals surface area contributed by atoms with E-state index < -0.39 is 17.8 Å². The summed E-state index contributed by atoms with van der Waals surface area (Å²) >= 11 is 0. The number of carbonyl (C=O) groups is 2. The lowest BCUT2D eigenvalue weighted by atomic mass is 10.1. The molecule has 1 aliphatic heterocycles. The molecular weight excluding hydrogens is 359 g/mol. The standard InChI is InChI=1S/C18H27FN4O2.ClH/c1-2-5-16(20)18(25)23-12-10-22(11-13-23)9-8-21-17(24)14-6-3-4-7-15(14)19;/h3-4,6-7,16H,2,5,8-13,20H2,1H3,(H,21,24);1H. The van der Waals surface area contributed by atoms with Crippen LogP contribution in [0.15, 0.2) is 24.3 Å². The largest absolute Gasteiger partial charge is 0.351 e. The van der Waals surface area contributed by atoms with Crippen LogP contribution in [0.25, 0.3) is 0 Å². The number of amides is 2. The Hall–Kier alpha value is -1.70. The highest BCUT2D eigenvalue weighted by atomic mass is 35.5. The number of hydrogen-bond donors (Lipinski definition) is 2. The summed E-state index contributed by atoms with van der Waals surface area (Å²) < 4.78 is 13.5. The number of nitrogens with two attached hydrogens (primary N) is 1. The molecule has 0 spiro atoms. The smallest absolute Gasteiger partial charge is 0.254 e. The van der Waals surface area contributed by atoms with Crippen LogP contribution in [0.1, 0.15) is 30.1 Å². The number of hydrogen-bond acceptors (Lipinski definition) is 4. The van der Waals surface area contributed by atoms with E-state index in [1.807, 2.05) is 11.8 Å². The first-order chi connectivity index (χ1) is 12.0. The van der Waals surface area contributed by atoms with E-state index in [1.54, 1.807) is 12.1 Å². The van der Waals surface area contributed by atoms with E-state index in [2.05, 4.69) is 10.2 Å². The molecule has 0 radical (unpaired) electrons. The first kappa shape index (κ1) is 22.3. The fourth-order valence-corrected chi connectivity index (χ4v) is 2.93. The highest BCUT2D eigenvalue weighted by Gasteiger charge is 2.24. The molecule has 1 unspecified atom stereocenters. The SMILES string of the molecule is CCCC(N)C(=O)N1CCN(CCNC(=O)c2ccccc2F)CC1.Cl. The molecule has 146 valence electrons. The van der Waals surface area contributed by atoms with Crippen molar-refractivity contribution in [1.29, 1.82) is 0 Å². The Bertz CT molecular complexity index is 594. The van der Waals surface area contributed by atoms with E-state index in [0.717, 1.165) is 19.5 Å². The minimum absolute atomic E-state index is 0. The Labute approximate surface area is 160 Å². The quantitative estimate of drug-likeness (QED) is 0.739. The third-order valence-electron chi connectivity index (χ3n) is 4.43. The van der Waals surface area contributed by atoms with Crippen molar-refractivity contribution < 1.29 is 14.0 Å². The fraction of sp³-hybridized carbons (Fsp3) is 0.556. The van der Waals surface area contributed by atoms with Crippen LogP contribution in [0.3, 0.4) is 0 Å². The molecule has 0 aromatic heterocycles. The molecule has 2 amide bonds. The first-order valence-corrected chi connectivity index (χ1v) is 8.82. The van der Waals surface area contributed by atoms with Crippen LogP contribution in [0, 0.1) is 5.82 Å². The number of carbonyl (C=O) groups excluding carboxylic acids is 2. The van der Waals surface area contributed by atoms with Gasteiger partial charge < -0.3 is 16.0 Å². The summed E-state index contributed by atoms with van der Waals surface area (Å²) in [5, 5.41) is 2.73. The number of benzene rings is 1. The third kappa shape index (κ3) is 6.23. The van der Waals surface area contributed by atoms with Crippen LogP contribution in [0.2, 0.25) is 0 Å². The van der Waals surface area contributed by atoms with Crippen molar-refractivity contribution in [2.75, 3.05) is 39.3 Å². The minimum atomic E-state index is -0.518. The molecule has 1 aromatic carbocycles. The molecule has 1 aromatic rings. The van der Waals surface area contributed by atoms with Gasteiger partial charge in [-0.25, -0.2) is 4.39 Å². The number of piperazine rings is 1. The van der Waals surface area contributed by atoms with Crippen LogP contribution < -0.4 is 11.1 Å². The van der Waals surface area contributed by atoms with Gasteiger partial charge in [0.25, 0.3) is 5.91 Å². The summed E-state index contributed by atoms with van der Waals surface area (Å²) in [6.45, 7) is 5.93. The fourth-order valence-electron chi connectivity index (χ4n) is 2.93. The number of rotatable bonds is 7. The van der Waals surface area contributed by atoms with Gasteiger partial charge in [-0.05, 0) is 18.6 Å².